The van der Waals surface area contributed by atoms with Crippen molar-refractivity contribution in [1.82, 2.24) is 9.78 Å². The van der Waals surface area contributed by atoms with Gasteiger partial charge in [0.25, 0.3) is 0 Å². The Labute approximate surface area is 158 Å². The second kappa shape index (κ2) is 7.95. The van der Waals surface area contributed by atoms with E-state index in [-0.39, 0.29) is 17.2 Å². The molecule has 8 heteroatoms. The SMILES string of the molecule is Cc1cccc(CC(=O)Nc2ccc(-n3cc(C#N)cn3)c(S(=O)[O-])c2)c1. The van der Waals surface area contributed by atoms with Gasteiger partial charge in [0, 0.05) is 11.9 Å². The van der Waals surface area contributed by atoms with Crippen LogP contribution in [0.25, 0.3) is 5.69 Å². The molecule has 2 aromatic carbocycles. The van der Waals surface area contributed by atoms with Crippen molar-refractivity contribution < 1.29 is 13.6 Å². The lowest BCUT2D eigenvalue weighted by Crippen LogP contribution is -2.15. The number of rotatable bonds is 5. The number of benzene rings is 2. The average molecular weight is 379 g/mol. The zero-order chi connectivity index (χ0) is 19.4. The van der Waals surface area contributed by atoms with Gasteiger partial charge in [-0.05, 0) is 41.8 Å². The first-order valence-corrected chi connectivity index (χ1v) is 9.07. The Morgan fingerprint density at radius 3 is 2.81 bits per heavy atom. The summed E-state index contributed by atoms with van der Waals surface area (Å²) in [5.74, 6) is -0.248. The number of amides is 1. The Kier molecular flexibility index (Phi) is 5.45. The van der Waals surface area contributed by atoms with Crippen molar-refractivity contribution in [2.45, 2.75) is 18.2 Å². The summed E-state index contributed by atoms with van der Waals surface area (Å²) in [6, 6.07) is 14.0. The molecule has 0 aliphatic rings. The van der Waals surface area contributed by atoms with Crippen LogP contribution in [0.2, 0.25) is 0 Å². The average Bonchev–Trinajstić information content (AvgIpc) is 3.10. The number of carbonyl (C=O) groups is 1. The van der Waals surface area contributed by atoms with Gasteiger partial charge in [-0.25, -0.2) is 4.68 Å². The van der Waals surface area contributed by atoms with Crippen LogP contribution in [-0.4, -0.2) is 24.4 Å². The molecular weight excluding hydrogens is 364 g/mol. The van der Waals surface area contributed by atoms with Gasteiger partial charge in [0.1, 0.15) is 6.07 Å². The van der Waals surface area contributed by atoms with E-state index in [1.165, 1.54) is 29.2 Å². The van der Waals surface area contributed by atoms with Gasteiger partial charge in [-0.1, -0.05) is 29.8 Å². The first kappa shape index (κ1) is 18.5. The van der Waals surface area contributed by atoms with Crippen LogP contribution in [0.3, 0.4) is 0 Å². The molecule has 1 heterocycles. The second-order valence-electron chi connectivity index (χ2n) is 5.92. The minimum absolute atomic E-state index is 0.0315. The number of anilines is 1. The third kappa shape index (κ3) is 4.47. The summed E-state index contributed by atoms with van der Waals surface area (Å²) in [7, 11) is 0. The van der Waals surface area contributed by atoms with Crippen LogP contribution in [-0.2, 0) is 22.3 Å². The van der Waals surface area contributed by atoms with Crippen molar-refractivity contribution in [2.75, 3.05) is 5.32 Å². The van der Waals surface area contributed by atoms with Crippen molar-refractivity contribution in [1.29, 1.82) is 5.26 Å². The van der Waals surface area contributed by atoms with Crippen LogP contribution in [0, 0.1) is 18.3 Å². The maximum absolute atomic E-state index is 12.3. The van der Waals surface area contributed by atoms with Crippen LogP contribution in [0.15, 0.2) is 59.8 Å². The maximum Gasteiger partial charge on any atom is 0.228 e. The lowest BCUT2D eigenvalue weighted by atomic mass is 10.1. The number of hydrogen-bond acceptors (Lipinski definition) is 5. The molecular formula is C19H15N4O3S-. The molecule has 1 atom stereocenters. The summed E-state index contributed by atoms with van der Waals surface area (Å²) in [6.45, 7) is 1.95. The van der Waals surface area contributed by atoms with Gasteiger partial charge in [0.2, 0.25) is 5.91 Å². The fourth-order valence-corrected chi connectivity index (χ4v) is 3.20. The minimum atomic E-state index is -2.54. The highest BCUT2D eigenvalue weighted by molar-refractivity contribution is 7.79. The van der Waals surface area contributed by atoms with Gasteiger partial charge in [-0.3, -0.25) is 9.00 Å². The molecule has 0 aliphatic carbocycles. The molecule has 7 nitrogen and oxygen atoms in total. The standard InChI is InChI=1S/C19H16N4O3S/c1-13-3-2-4-14(7-13)8-19(24)22-16-5-6-17(18(9-16)27(25)26)23-12-15(10-20)11-21-23/h2-7,9,11-12H,8H2,1H3,(H,22,24)(H,25,26)/p-1. The van der Waals surface area contributed by atoms with Crippen molar-refractivity contribution in [3.63, 3.8) is 0 Å². The van der Waals surface area contributed by atoms with E-state index in [0.717, 1.165) is 11.1 Å². The number of aromatic nitrogens is 2. The summed E-state index contributed by atoms with van der Waals surface area (Å²) >= 11 is -2.54. The predicted octanol–water partition coefficient (Wildman–Crippen LogP) is 2.47. The number of nitrogens with one attached hydrogen (secondary N) is 1. The number of carbonyl (C=O) groups excluding carboxylic acids is 1. The molecule has 0 saturated carbocycles. The first-order valence-electron chi connectivity index (χ1n) is 8.00. The molecule has 0 bridgehead atoms. The van der Waals surface area contributed by atoms with Crippen molar-refractivity contribution >= 4 is 22.7 Å². The van der Waals surface area contributed by atoms with Crippen LogP contribution < -0.4 is 5.32 Å². The van der Waals surface area contributed by atoms with E-state index in [9.17, 15) is 13.6 Å². The molecule has 136 valence electrons. The Balaban J connectivity index is 1.82. The number of aryl methyl sites for hydroxylation is 1. The van der Waals surface area contributed by atoms with Gasteiger partial charge in [0.05, 0.1) is 28.8 Å². The lowest BCUT2D eigenvalue weighted by molar-refractivity contribution is -0.115. The summed E-state index contributed by atoms with van der Waals surface area (Å²) < 4.78 is 24.5. The fraction of sp³-hybridized carbons (Fsp3) is 0.105. The summed E-state index contributed by atoms with van der Waals surface area (Å²) in [5, 5.41) is 15.6. The Bertz CT molecular complexity index is 1070. The number of nitriles is 1. The molecule has 0 saturated heterocycles. The second-order valence-corrected chi connectivity index (χ2v) is 6.83. The third-order valence-electron chi connectivity index (χ3n) is 3.83. The van der Waals surface area contributed by atoms with Gasteiger partial charge >= 0.3 is 0 Å². The molecule has 1 aromatic heterocycles. The smallest absolute Gasteiger partial charge is 0.228 e. The number of hydrogen-bond donors (Lipinski definition) is 1. The fourth-order valence-electron chi connectivity index (χ4n) is 2.64. The van der Waals surface area contributed by atoms with E-state index < -0.39 is 11.1 Å². The Morgan fingerprint density at radius 2 is 2.15 bits per heavy atom. The molecule has 0 aliphatic heterocycles. The van der Waals surface area contributed by atoms with Crippen LogP contribution in [0.5, 0.6) is 0 Å². The molecule has 0 radical (unpaired) electrons. The quantitative estimate of drug-likeness (QED) is 0.685. The monoisotopic (exact) mass is 379 g/mol. The third-order valence-corrected chi connectivity index (χ3v) is 4.51. The zero-order valence-electron chi connectivity index (χ0n) is 14.4. The normalized spacial score (nSPS) is 11.6. The van der Waals surface area contributed by atoms with Gasteiger partial charge in [-0.15, -0.1) is 0 Å². The van der Waals surface area contributed by atoms with E-state index in [1.807, 2.05) is 37.3 Å². The molecule has 0 spiro atoms. The molecule has 27 heavy (non-hydrogen) atoms. The zero-order valence-corrected chi connectivity index (χ0v) is 15.2. The lowest BCUT2D eigenvalue weighted by Gasteiger charge is -2.14. The molecule has 0 fully saturated rings. The molecule has 1 unspecified atom stereocenters. The Morgan fingerprint density at radius 1 is 1.33 bits per heavy atom. The van der Waals surface area contributed by atoms with E-state index in [0.29, 0.717) is 16.9 Å². The highest BCUT2D eigenvalue weighted by atomic mass is 32.2. The highest BCUT2D eigenvalue weighted by Crippen LogP contribution is 2.22. The van der Waals surface area contributed by atoms with E-state index >= 15 is 0 Å². The van der Waals surface area contributed by atoms with E-state index in [2.05, 4.69) is 10.4 Å². The molecule has 3 aromatic rings. The summed E-state index contributed by atoms with van der Waals surface area (Å²) in [6.07, 6.45) is 2.96. The van der Waals surface area contributed by atoms with E-state index in [4.69, 9.17) is 5.26 Å². The van der Waals surface area contributed by atoms with Gasteiger partial charge in [0.15, 0.2) is 0 Å². The van der Waals surface area contributed by atoms with Crippen molar-refractivity contribution in [3.05, 3.63) is 71.5 Å². The largest absolute Gasteiger partial charge is 0.768 e. The molecule has 1 amide bonds. The summed E-state index contributed by atoms with van der Waals surface area (Å²) in [5.41, 5.74) is 2.90. The number of nitrogens with zero attached hydrogens (tertiary/aromatic N) is 3. The molecule has 1 N–H and O–H groups in total. The van der Waals surface area contributed by atoms with Gasteiger partial charge in [-0.2, -0.15) is 10.4 Å². The minimum Gasteiger partial charge on any atom is -0.768 e. The topological polar surface area (TPSA) is 111 Å². The van der Waals surface area contributed by atoms with Gasteiger partial charge < -0.3 is 9.87 Å². The first-order chi connectivity index (χ1) is 13.0. The highest BCUT2D eigenvalue weighted by Gasteiger charge is 2.11. The Hall–Kier alpha value is -3.28. The van der Waals surface area contributed by atoms with Crippen molar-refractivity contribution in [3.8, 4) is 11.8 Å². The van der Waals surface area contributed by atoms with Crippen LogP contribution in [0.4, 0.5) is 5.69 Å². The molecule has 3 rings (SSSR count). The van der Waals surface area contributed by atoms with E-state index in [1.54, 1.807) is 6.07 Å². The van der Waals surface area contributed by atoms with Crippen molar-refractivity contribution in [2.24, 2.45) is 0 Å². The predicted molar refractivity (Wildman–Crippen MR) is 99.0 cm³/mol. The van der Waals surface area contributed by atoms with Crippen LogP contribution >= 0.6 is 0 Å². The summed E-state index contributed by atoms with van der Waals surface area (Å²) in [4.78, 5) is 12.2. The van der Waals surface area contributed by atoms with Crippen LogP contribution in [0.1, 0.15) is 16.7 Å². The maximum atomic E-state index is 12.3.